The Morgan fingerprint density at radius 2 is 1.55 bits per heavy atom. The third kappa shape index (κ3) is 6.14. The number of piperazine rings is 1. The first-order valence-corrected chi connectivity index (χ1v) is 12.6. The van der Waals surface area contributed by atoms with Crippen LogP contribution in [0.5, 0.6) is 0 Å². The summed E-state index contributed by atoms with van der Waals surface area (Å²) in [4.78, 5) is 32.4. The summed E-state index contributed by atoms with van der Waals surface area (Å²) < 4.78 is 5.56. The lowest BCUT2D eigenvalue weighted by molar-refractivity contribution is -0.123. The first-order valence-electron chi connectivity index (χ1n) is 12.6. The van der Waals surface area contributed by atoms with Crippen LogP contribution in [0.15, 0.2) is 18.2 Å². The maximum atomic E-state index is 12.9. The van der Waals surface area contributed by atoms with Crippen LogP contribution in [0.3, 0.4) is 0 Å². The minimum absolute atomic E-state index is 0.0920. The van der Waals surface area contributed by atoms with Gasteiger partial charge in [0.1, 0.15) is 0 Å². The first kappa shape index (κ1) is 24.2. The molecule has 1 N–H and O–H groups in total. The fraction of sp³-hybridized carbons (Fsp3) is 0.692. The molecular formula is C26H40N4O3. The van der Waals surface area contributed by atoms with Crippen molar-refractivity contribution >= 4 is 11.8 Å². The molecule has 0 atom stereocenters. The molecule has 182 valence electrons. The average molecular weight is 457 g/mol. The van der Waals surface area contributed by atoms with Crippen LogP contribution in [-0.2, 0) is 9.53 Å². The summed E-state index contributed by atoms with van der Waals surface area (Å²) in [6.07, 6.45) is 6.09. The molecule has 3 aliphatic rings. The minimum Gasteiger partial charge on any atom is -0.379 e. The van der Waals surface area contributed by atoms with Gasteiger partial charge in [-0.2, -0.15) is 0 Å². The van der Waals surface area contributed by atoms with Crippen LogP contribution in [0.2, 0.25) is 0 Å². The van der Waals surface area contributed by atoms with Crippen LogP contribution in [0.4, 0.5) is 0 Å². The lowest BCUT2D eigenvalue weighted by atomic mass is 9.79. The fourth-order valence-electron chi connectivity index (χ4n) is 5.76. The summed E-state index contributed by atoms with van der Waals surface area (Å²) in [5.41, 5.74) is 3.08. The second kappa shape index (κ2) is 11.0. The molecule has 2 heterocycles. The van der Waals surface area contributed by atoms with Crippen molar-refractivity contribution in [1.29, 1.82) is 0 Å². The summed E-state index contributed by atoms with van der Waals surface area (Å²) in [7, 11) is 0. The SMILES string of the molecule is Cc1cc(C)cc(C(=O)N2CCN(CC(=O)NCC3(N4CCOCC4)CCCCC3)CC2)c1. The van der Waals surface area contributed by atoms with Gasteiger partial charge in [-0.15, -0.1) is 0 Å². The number of rotatable bonds is 6. The molecule has 2 saturated heterocycles. The van der Waals surface area contributed by atoms with Crippen LogP contribution < -0.4 is 5.32 Å². The van der Waals surface area contributed by atoms with Crippen molar-refractivity contribution in [2.75, 3.05) is 65.6 Å². The predicted molar refractivity (Wildman–Crippen MR) is 129 cm³/mol. The number of nitrogens with one attached hydrogen (secondary N) is 1. The highest BCUT2D eigenvalue weighted by atomic mass is 16.5. The number of nitrogens with zero attached hydrogens (tertiary/aromatic N) is 3. The van der Waals surface area contributed by atoms with Crippen molar-refractivity contribution in [2.45, 2.75) is 51.5 Å². The quantitative estimate of drug-likeness (QED) is 0.711. The van der Waals surface area contributed by atoms with Crippen molar-refractivity contribution in [3.05, 3.63) is 34.9 Å². The smallest absolute Gasteiger partial charge is 0.253 e. The maximum absolute atomic E-state index is 12.9. The zero-order valence-corrected chi connectivity index (χ0v) is 20.4. The van der Waals surface area contributed by atoms with Crippen LogP contribution in [0, 0.1) is 13.8 Å². The van der Waals surface area contributed by atoms with Gasteiger partial charge in [0.15, 0.2) is 0 Å². The zero-order chi connectivity index (χ0) is 23.3. The molecule has 3 fully saturated rings. The number of hydrogen-bond donors (Lipinski definition) is 1. The van der Waals surface area contributed by atoms with Gasteiger partial charge in [0.25, 0.3) is 5.91 Å². The molecule has 0 aromatic heterocycles. The lowest BCUT2D eigenvalue weighted by Crippen LogP contribution is -2.60. The average Bonchev–Trinajstić information content (AvgIpc) is 2.83. The van der Waals surface area contributed by atoms with E-state index in [4.69, 9.17) is 4.74 Å². The molecule has 0 unspecified atom stereocenters. The van der Waals surface area contributed by atoms with Gasteiger partial charge in [-0.25, -0.2) is 0 Å². The van der Waals surface area contributed by atoms with Gasteiger partial charge in [-0.1, -0.05) is 36.5 Å². The summed E-state index contributed by atoms with van der Waals surface area (Å²) in [6.45, 7) is 11.5. The van der Waals surface area contributed by atoms with Crippen molar-refractivity contribution in [2.24, 2.45) is 0 Å². The third-order valence-corrected chi connectivity index (χ3v) is 7.58. The number of carbonyl (C=O) groups excluding carboxylic acids is 2. The van der Waals surface area contributed by atoms with Crippen molar-refractivity contribution in [3.8, 4) is 0 Å². The van der Waals surface area contributed by atoms with Crippen LogP contribution in [0.25, 0.3) is 0 Å². The molecule has 2 aliphatic heterocycles. The number of carbonyl (C=O) groups is 2. The summed E-state index contributed by atoms with van der Waals surface area (Å²) in [6, 6.07) is 6.01. The molecular weight excluding hydrogens is 416 g/mol. The van der Waals surface area contributed by atoms with Crippen LogP contribution in [-0.4, -0.2) is 97.6 Å². The van der Waals surface area contributed by atoms with E-state index in [9.17, 15) is 9.59 Å². The van der Waals surface area contributed by atoms with Gasteiger partial charge in [0.2, 0.25) is 5.91 Å². The minimum atomic E-state index is 0.0920. The molecule has 0 radical (unpaired) electrons. The Morgan fingerprint density at radius 1 is 0.909 bits per heavy atom. The van der Waals surface area contributed by atoms with Crippen molar-refractivity contribution < 1.29 is 14.3 Å². The molecule has 1 aliphatic carbocycles. The van der Waals surface area contributed by atoms with E-state index in [1.807, 2.05) is 30.9 Å². The zero-order valence-electron chi connectivity index (χ0n) is 20.4. The highest BCUT2D eigenvalue weighted by Gasteiger charge is 2.39. The Labute approximate surface area is 198 Å². The van der Waals surface area contributed by atoms with E-state index in [1.165, 1.54) is 19.3 Å². The molecule has 1 saturated carbocycles. The molecule has 1 aromatic carbocycles. The summed E-state index contributed by atoms with van der Waals surface area (Å²) >= 11 is 0. The molecule has 1 aromatic rings. The topological polar surface area (TPSA) is 65.1 Å². The Kier molecular flexibility index (Phi) is 8.04. The first-order chi connectivity index (χ1) is 15.9. The number of ether oxygens (including phenoxy) is 1. The van der Waals surface area contributed by atoms with Crippen molar-refractivity contribution in [1.82, 2.24) is 20.0 Å². The maximum Gasteiger partial charge on any atom is 0.253 e. The number of morpholine rings is 1. The van der Waals surface area contributed by atoms with Gasteiger partial charge >= 0.3 is 0 Å². The second-order valence-corrected chi connectivity index (χ2v) is 10.1. The number of hydrogen-bond acceptors (Lipinski definition) is 5. The molecule has 7 heteroatoms. The van der Waals surface area contributed by atoms with E-state index in [2.05, 4.69) is 21.2 Å². The largest absolute Gasteiger partial charge is 0.379 e. The Morgan fingerprint density at radius 3 is 2.18 bits per heavy atom. The summed E-state index contributed by atoms with van der Waals surface area (Å²) in [5, 5.41) is 3.27. The second-order valence-electron chi connectivity index (χ2n) is 10.1. The van der Waals surface area contributed by atoms with E-state index in [0.717, 1.165) is 75.5 Å². The van der Waals surface area contributed by atoms with E-state index in [1.54, 1.807) is 0 Å². The van der Waals surface area contributed by atoms with Crippen molar-refractivity contribution in [3.63, 3.8) is 0 Å². The Bertz CT molecular complexity index is 803. The van der Waals surface area contributed by atoms with E-state index < -0.39 is 0 Å². The fourth-order valence-corrected chi connectivity index (χ4v) is 5.76. The van der Waals surface area contributed by atoms with Crippen LogP contribution in [0.1, 0.15) is 53.6 Å². The summed E-state index contributed by atoms with van der Waals surface area (Å²) in [5.74, 6) is 0.193. The number of aryl methyl sites for hydroxylation is 2. The molecule has 33 heavy (non-hydrogen) atoms. The number of benzene rings is 1. The van der Waals surface area contributed by atoms with Gasteiger partial charge < -0.3 is 15.0 Å². The lowest BCUT2D eigenvalue weighted by Gasteiger charge is -2.48. The number of amides is 2. The van der Waals surface area contributed by atoms with Gasteiger partial charge in [0.05, 0.1) is 19.8 Å². The normalized spacial score (nSPS) is 22.2. The standard InChI is InChI=1S/C26H40N4O3/c1-21-16-22(2)18-23(17-21)25(32)29-10-8-28(9-11-29)19-24(31)27-20-26(6-4-3-5-7-26)30-12-14-33-15-13-30/h16-18H,3-15,19-20H2,1-2H3,(H,27,31). The van der Waals surface area contributed by atoms with Gasteiger partial charge in [-0.05, 0) is 38.8 Å². The highest BCUT2D eigenvalue weighted by Crippen LogP contribution is 2.33. The van der Waals surface area contributed by atoms with Crippen LogP contribution >= 0.6 is 0 Å². The van der Waals surface area contributed by atoms with E-state index >= 15 is 0 Å². The molecule has 7 nitrogen and oxygen atoms in total. The van der Waals surface area contributed by atoms with Gasteiger partial charge in [0, 0.05) is 56.9 Å². The highest BCUT2D eigenvalue weighted by molar-refractivity contribution is 5.94. The molecule has 0 bridgehead atoms. The molecule has 0 spiro atoms. The van der Waals surface area contributed by atoms with Gasteiger partial charge in [-0.3, -0.25) is 19.4 Å². The van der Waals surface area contributed by atoms with E-state index in [0.29, 0.717) is 19.6 Å². The predicted octanol–water partition coefficient (Wildman–Crippen LogP) is 2.21. The molecule has 4 rings (SSSR count). The molecule has 2 amide bonds. The van der Waals surface area contributed by atoms with E-state index in [-0.39, 0.29) is 17.4 Å². The Hall–Kier alpha value is -1.96. The Balaban J connectivity index is 1.25. The monoisotopic (exact) mass is 456 g/mol. The third-order valence-electron chi connectivity index (χ3n) is 7.58.